The molecule has 1 aromatic rings. The third kappa shape index (κ3) is 2.33. The second kappa shape index (κ2) is 4.40. The van der Waals surface area contributed by atoms with Crippen LogP contribution in [0.1, 0.15) is 18.5 Å². The molecule has 1 aliphatic rings. The lowest BCUT2D eigenvalue weighted by atomic mass is 10.3. The number of anilines is 1. The standard InChI is InChI=1S/C11H16N4/c1-2-7-15(10-4-5-10)11-6-3-9(8-12)13-14-11/h2-3,6,10H,1,4-5,7-8,12H2. The largest absolute Gasteiger partial charge is 0.348 e. The number of hydrogen-bond acceptors (Lipinski definition) is 4. The van der Waals surface area contributed by atoms with Crippen molar-refractivity contribution in [3.63, 3.8) is 0 Å². The Morgan fingerprint density at radius 3 is 2.73 bits per heavy atom. The first-order valence-corrected chi connectivity index (χ1v) is 5.25. The van der Waals surface area contributed by atoms with Gasteiger partial charge in [-0.1, -0.05) is 6.08 Å². The minimum atomic E-state index is 0.443. The highest BCUT2D eigenvalue weighted by molar-refractivity contribution is 5.41. The van der Waals surface area contributed by atoms with E-state index in [0.717, 1.165) is 18.1 Å². The van der Waals surface area contributed by atoms with Gasteiger partial charge in [-0.15, -0.1) is 11.7 Å². The minimum absolute atomic E-state index is 0.443. The van der Waals surface area contributed by atoms with Gasteiger partial charge in [0.15, 0.2) is 5.82 Å². The zero-order valence-electron chi connectivity index (χ0n) is 8.76. The van der Waals surface area contributed by atoms with E-state index in [1.165, 1.54) is 12.8 Å². The number of nitrogens with two attached hydrogens (primary N) is 1. The molecular weight excluding hydrogens is 188 g/mol. The van der Waals surface area contributed by atoms with E-state index in [-0.39, 0.29) is 0 Å². The molecule has 0 bridgehead atoms. The summed E-state index contributed by atoms with van der Waals surface area (Å²) in [6.07, 6.45) is 4.39. The van der Waals surface area contributed by atoms with E-state index in [9.17, 15) is 0 Å². The van der Waals surface area contributed by atoms with Crippen LogP contribution in [0, 0.1) is 0 Å². The summed E-state index contributed by atoms with van der Waals surface area (Å²) in [7, 11) is 0. The maximum atomic E-state index is 5.47. The quantitative estimate of drug-likeness (QED) is 0.729. The topological polar surface area (TPSA) is 55.0 Å². The second-order valence-electron chi connectivity index (χ2n) is 3.76. The summed E-state index contributed by atoms with van der Waals surface area (Å²) in [5.41, 5.74) is 6.30. The van der Waals surface area contributed by atoms with Crippen LogP contribution in [0.2, 0.25) is 0 Å². The summed E-state index contributed by atoms with van der Waals surface area (Å²) < 4.78 is 0. The van der Waals surface area contributed by atoms with Gasteiger partial charge in [0.2, 0.25) is 0 Å². The molecule has 0 atom stereocenters. The monoisotopic (exact) mass is 204 g/mol. The second-order valence-corrected chi connectivity index (χ2v) is 3.76. The van der Waals surface area contributed by atoms with Crippen LogP contribution in [-0.2, 0) is 6.54 Å². The zero-order chi connectivity index (χ0) is 10.7. The van der Waals surface area contributed by atoms with Crippen molar-refractivity contribution in [2.75, 3.05) is 11.4 Å². The van der Waals surface area contributed by atoms with Gasteiger partial charge in [0.25, 0.3) is 0 Å². The normalized spacial score (nSPS) is 15.0. The van der Waals surface area contributed by atoms with Gasteiger partial charge in [-0.05, 0) is 25.0 Å². The maximum absolute atomic E-state index is 5.47. The van der Waals surface area contributed by atoms with E-state index in [1.54, 1.807) is 0 Å². The molecule has 80 valence electrons. The Kier molecular flexibility index (Phi) is 2.97. The van der Waals surface area contributed by atoms with Gasteiger partial charge in [0.05, 0.1) is 5.69 Å². The zero-order valence-corrected chi connectivity index (χ0v) is 8.76. The lowest BCUT2D eigenvalue weighted by Crippen LogP contribution is -2.26. The van der Waals surface area contributed by atoms with Gasteiger partial charge < -0.3 is 10.6 Å². The molecule has 1 heterocycles. The number of nitrogens with zero attached hydrogens (tertiary/aromatic N) is 3. The summed E-state index contributed by atoms with van der Waals surface area (Å²) in [6, 6.07) is 4.54. The highest BCUT2D eigenvalue weighted by Crippen LogP contribution is 2.29. The average Bonchev–Trinajstić information content (AvgIpc) is 3.10. The third-order valence-corrected chi connectivity index (χ3v) is 2.52. The molecule has 0 aromatic carbocycles. The van der Waals surface area contributed by atoms with Crippen molar-refractivity contribution >= 4 is 5.82 Å². The van der Waals surface area contributed by atoms with E-state index >= 15 is 0 Å². The van der Waals surface area contributed by atoms with Crippen LogP contribution in [-0.4, -0.2) is 22.8 Å². The first-order chi connectivity index (χ1) is 7.35. The Morgan fingerprint density at radius 1 is 1.47 bits per heavy atom. The molecule has 4 heteroatoms. The van der Waals surface area contributed by atoms with Gasteiger partial charge in [0.1, 0.15) is 0 Å². The molecule has 0 aliphatic heterocycles. The molecule has 0 saturated heterocycles. The summed E-state index contributed by atoms with van der Waals surface area (Å²) in [5.74, 6) is 0.926. The van der Waals surface area contributed by atoms with Gasteiger partial charge in [-0.3, -0.25) is 0 Å². The highest BCUT2D eigenvalue weighted by Gasteiger charge is 2.29. The molecule has 2 N–H and O–H groups in total. The Balaban J connectivity index is 2.14. The average molecular weight is 204 g/mol. The Morgan fingerprint density at radius 2 is 2.27 bits per heavy atom. The van der Waals surface area contributed by atoms with Crippen molar-refractivity contribution in [1.29, 1.82) is 0 Å². The maximum Gasteiger partial charge on any atom is 0.151 e. The van der Waals surface area contributed by atoms with Crippen LogP contribution in [0.5, 0.6) is 0 Å². The third-order valence-electron chi connectivity index (χ3n) is 2.52. The van der Waals surface area contributed by atoms with Gasteiger partial charge >= 0.3 is 0 Å². The predicted octanol–water partition coefficient (Wildman–Crippen LogP) is 1.09. The summed E-state index contributed by atoms with van der Waals surface area (Å²) >= 11 is 0. The molecule has 0 unspecified atom stereocenters. The molecule has 0 radical (unpaired) electrons. The number of aromatic nitrogens is 2. The predicted molar refractivity (Wildman–Crippen MR) is 60.5 cm³/mol. The van der Waals surface area contributed by atoms with Crippen molar-refractivity contribution in [3.05, 3.63) is 30.5 Å². The van der Waals surface area contributed by atoms with Crippen LogP contribution in [0.4, 0.5) is 5.82 Å². The van der Waals surface area contributed by atoms with Gasteiger partial charge in [-0.2, -0.15) is 5.10 Å². The fourth-order valence-corrected chi connectivity index (χ4v) is 1.57. The Bertz CT molecular complexity index is 329. The SMILES string of the molecule is C=CCN(c1ccc(CN)nn1)C1CC1. The fraction of sp³-hybridized carbons (Fsp3) is 0.455. The lowest BCUT2D eigenvalue weighted by Gasteiger charge is -2.20. The summed E-state index contributed by atoms with van der Waals surface area (Å²) in [5, 5.41) is 8.24. The molecule has 4 nitrogen and oxygen atoms in total. The Hall–Kier alpha value is -1.42. The van der Waals surface area contributed by atoms with Crippen molar-refractivity contribution in [1.82, 2.24) is 10.2 Å². The summed E-state index contributed by atoms with van der Waals surface area (Å²) in [4.78, 5) is 2.24. The molecule has 1 aliphatic carbocycles. The summed E-state index contributed by atoms with van der Waals surface area (Å²) in [6.45, 7) is 5.04. The number of rotatable bonds is 5. The van der Waals surface area contributed by atoms with Crippen LogP contribution in [0.25, 0.3) is 0 Å². The molecule has 1 fully saturated rings. The van der Waals surface area contributed by atoms with E-state index in [1.807, 2.05) is 18.2 Å². The van der Waals surface area contributed by atoms with Gasteiger partial charge in [-0.25, -0.2) is 0 Å². The smallest absolute Gasteiger partial charge is 0.151 e. The van der Waals surface area contributed by atoms with E-state index in [2.05, 4.69) is 21.7 Å². The van der Waals surface area contributed by atoms with E-state index in [4.69, 9.17) is 5.73 Å². The Labute approximate surface area is 89.8 Å². The van der Waals surface area contributed by atoms with E-state index < -0.39 is 0 Å². The molecule has 0 spiro atoms. The molecule has 1 aromatic heterocycles. The first-order valence-electron chi connectivity index (χ1n) is 5.25. The lowest BCUT2D eigenvalue weighted by molar-refractivity contribution is 0.803. The fourth-order valence-electron chi connectivity index (χ4n) is 1.57. The molecule has 0 amide bonds. The van der Waals surface area contributed by atoms with Crippen molar-refractivity contribution in [2.45, 2.75) is 25.4 Å². The highest BCUT2D eigenvalue weighted by atomic mass is 15.3. The van der Waals surface area contributed by atoms with Gasteiger partial charge in [0, 0.05) is 19.1 Å². The minimum Gasteiger partial charge on any atom is -0.348 e. The van der Waals surface area contributed by atoms with Crippen molar-refractivity contribution < 1.29 is 0 Å². The molecule has 1 saturated carbocycles. The first kappa shape index (κ1) is 10.1. The van der Waals surface area contributed by atoms with Crippen LogP contribution in [0.3, 0.4) is 0 Å². The van der Waals surface area contributed by atoms with E-state index in [0.29, 0.717) is 12.6 Å². The van der Waals surface area contributed by atoms with Crippen LogP contribution < -0.4 is 10.6 Å². The van der Waals surface area contributed by atoms with Crippen LogP contribution >= 0.6 is 0 Å². The number of hydrogen-bond donors (Lipinski definition) is 1. The van der Waals surface area contributed by atoms with Crippen LogP contribution in [0.15, 0.2) is 24.8 Å². The van der Waals surface area contributed by atoms with Crippen molar-refractivity contribution in [3.8, 4) is 0 Å². The molecular formula is C11H16N4. The van der Waals surface area contributed by atoms with Crippen molar-refractivity contribution in [2.24, 2.45) is 5.73 Å². The molecule has 2 rings (SSSR count). The molecule has 15 heavy (non-hydrogen) atoms.